The van der Waals surface area contributed by atoms with Gasteiger partial charge in [-0.25, -0.2) is 9.37 Å². The summed E-state index contributed by atoms with van der Waals surface area (Å²) in [5, 5.41) is 7.48. The molecule has 4 nitrogen and oxygen atoms in total. The van der Waals surface area contributed by atoms with Crippen molar-refractivity contribution in [1.82, 2.24) is 4.98 Å². The van der Waals surface area contributed by atoms with Crippen LogP contribution in [0.5, 0.6) is 0 Å². The van der Waals surface area contributed by atoms with Crippen LogP contribution in [0.3, 0.4) is 0 Å². The van der Waals surface area contributed by atoms with Gasteiger partial charge in [0, 0.05) is 24.0 Å². The van der Waals surface area contributed by atoms with Crippen LogP contribution < -0.4 is 10.6 Å². The summed E-state index contributed by atoms with van der Waals surface area (Å²) in [4.78, 5) is 6.21. The molecule has 1 heterocycles. The van der Waals surface area contributed by atoms with Gasteiger partial charge < -0.3 is 10.6 Å². The fourth-order valence-corrected chi connectivity index (χ4v) is 1.78. The second-order valence-electron chi connectivity index (χ2n) is 4.30. The number of nitrogens with one attached hydrogen (secondary N) is 1. The van der Waals surface area contributed by atoms with Crippen LogP contribution in [0, 0.1) is 18.2 Å². The van der Waals surface area contributed by atoms with Crippen molar-refractivity contribution in [3.8, 4) is 0 Å². The minimum absolute atomic E-state index is 0.000689. The zero-order valence-electron chi connectivity index (χ0n) is 10.8. The topological polar surface area (TPSA) is 66.0 Å². The van der Waals surface area contributed by atoms with E-state index in [0.29, 0.717) is 11.4 Å². The molecule has 0 amide bonds. The molecule has 98 valence electrons. The van der Waals surface area contributed by atoms with E-state index in [0.717, 1.165) is 11.4 Å². The van der Waals surface area contributed by atoms with Crippen molar-refractivity contribution in [2.75, 3.05) is 11.9 Å². The third-order valence-corrected chi connectivity index (χ3v) is 2.81. The predicted octanol–water partition coefficient (Wildman–Crippen LogP) is 2.58. The van der Waals surface area contributed by atoms with Gasteiger partial charge >= 0.3 is 0 Å². The Balaban J connectivity index is 2.40. The number of benzene rings is 1. The first-order valence-electron chi connectivity index (χ1n) is 5.80. The maximum atomic E-state index is 12.9. The van der Waals surface area contributed by atoms with Crippen LogP contribution in [0.1, 0.15) is 11.3 Å². The number of nitrogens with two attached hydrogens (primary N) is 1. The van der Waals surface area contributed by atoms with E-state index in [4.69, 9.17) is 11.1 Å². The van der Waals surface area contributed by atoms with Crippen molar-refractivity contribution >= 4 is 17.3 Å². The molecule has 0 atom stereocenters. The van der Waals surface area contributed by atoms with Crippen molar-refractivity contribution in [3.05, 3.63) is 53.5 Å². The SMILES string of the molecule is Cc1cc(C(=N)N)cc(N(C)c2ccc(F)cc2)n1. The molecule has 3 N–H and O–H groups in total. The molecule has 0 saturated carbocycles. The average Bonchev–Trinajstić information content (AvgIpc) is 2.38. The zero-order valence-corrected chi connectivity index (χ0v) is 10.8. The number of hydrogen-bond donors (Lipinski definition) is 2. The van der Waals surface area contributed by atoms with Crippen LogP contribution in [-0.4, -0.2) is 17.9 Å². The van der Waals surface area contributed by atoms with Crippen molar-refractivity contribution < 1.29 is 4.39 Å². The van der Waals surface area contributed by atoms with Gasteiger partial charge in [0.2, 0.25) is 0 Å². The molecule has 1 aromatic carbocycles. The van der Waals surface area contributed by atoms with Gasteiger partial charge in [-0.15, -0.1) is 0 Å². The normalized spacial score (nSPS) is 10.3. The Labute approximate surface area is 111 Å². The highest BCUT2D eigenvalue weighted by atomic mass is 19.1. The number of halogens is 1. The highest BCUT2D eigenvalue weighted by molar-refractivity contribution is 5.95. The minimum Gasteiger partial charge on any atom is -0.384 e. The van der Waals surface area contributed by atoms with Crippen LogP contribution in [0.2, 0.25) is 0 Å². The summed E-state index contributed by atoms with van der Waals surface area (Å²) in [5.41, 5.74) is 7.71. The highest BCUT2D eigenvalue weighted by Gasteiger charge is 2.09. The summed E-state index contributed by atoms with van der Waals surface area (Å²) in [5.74, 6) is 0.384. The number of pyridine rings is 1. The van der Waals surface area contributed by atoms with Gasteiger partial charge in [-0.3, -0.25) is 5.41 Å². The average molecular weight is 258 g/mol. The first kappa shape index (κ1) is 13.0. The summed E-state index contributed by atoms with van der Waals surface area (Å²) < 4.78 is 12.9. The number of aryl methyl sites for hydroxylation is 1. The van der Waals surface area contributed by atoms with Crippen molar-refractivity contribution in [1.29, 1.82) is 5.41 Å². The standard InChI is InChI=1S/C14H15FN4/c1-9-7-10(14(16)17)8-13(18-9)19(2)12-5-3-11(15)4-6-12/h3-8H,1-2H3,(H3,16,17). The largest absolute Gasteiger partial charge is 0.384 e. The smallest absolute Gasteiger partial charge is 0.133 e. The number of aromatic nitrogens is 1. The Hall–Kier alpha value is -2.43. The van der Waals surface area contributed by atoms with Crippen LogP contribution in [0.4, 0.5) is 15.9 Å². The third kappa shape index (κ3) is 2.88. The monoisotopic (exact) mass is 258 g/mol. The molecule has 1 aromatic heterocycles. The fraction of sp³-hybridized carbons (Fsp3) is 0.143. The van der Waals surface area contributed by atoms with Gasteiger partial charge in [0.05, 0.1) is 0 Å². The van der Waals surface area contributed by atoms with Gasteiger partial charge in [-0.05, 0) is 43.3 Å². The van der Waals surface area contributed by atoms with Crippen LogP contribution in [-0.2, 0) is 0 Å². The van der Waals surface area contributed by atoms with E-state index in [1.54, 1.807) is 24.3 Å². The number of anilines is 2. The third-order valence-electron chi connectivity index (χ3n) is 2.81. The van der Waals surface area contributed by atoms with Gasteiger partial charge in [-0.1, -0.05) is 0 Å². The van der Waals surface area contributed by atoms with E-state index in [1.165, 1.54) is 12.1 Å². The molecule has 2 rings (SSSR count). The highest BCUT2D eigenvalue weighted by Crippen LogP contribution is 2.23. The molecule has 0 saturated heterocycles. The number of nitrogen functional groups attached to an aromatic ring is 1. The van der Waals surface area contributed by atoms with Crippen LogP contribution >= 0.6 is 0 Å². The second kappa shape index (κ2) is 5.06. The van der Waals surface area contributed by atoms with Gasteiger partial charge in [-0.2, -0.15) is 0 Å². The number of rotatable bonds is 3. The molecule has 0 radical (unpaired) electrons. The molecule has 0 bridgehead atoms. The molecule has 0 unspecified atom stereocenters. The van der Waals surface area contributed by atoms with E-state index >= 15 is 0 Å². The quantitative estimate of drug-likeness (QED) is 0.657. The van der Waals surface area contributed by atoms with E-state index in [2.05, 4.69) is 4.98 Å². The van der Waals surface area contributed by atoms with E-state index < -0.39 is 0 Å². The molecular weight excluding hydrogens is 243 g/mol. The Bertz CT molecular complexity index is 607. The summed E-state index contributed by atoms with van der Waals surface area (Å²) >= 11 is 0. The maximum absolute atomic E-state index is 12.9. The van der Waals surface area contributed by atoms with Gasteiger partial charge in [0.1, 0.15) is 17.5 Å². The summed E-state index contributed by atoms with van der Waals surface area (Å²) in [6.07, 6.45) is 0. The lowest BCUT2D eigenvalue weighted by Crippen LogP contribution is -2.16. The molecule has 0 spiro atoms. The van der Waals surface area contributed by atoms with E-state index in [9.17, 15) is 4.39 Å². The second-order valence-corrected chi connectivity index (χ2v) is 4.30. The molecule has 0 fully saturated rings. The molecule has 19 heavy (non-hydrogen) atoms. The number of nitrogens with zero attached hydrogens (tertiary/aromatic N) is 2. The van der Waals surface area contributed by atoms with Crippen LogP contribution in [0.25, 0.3) is 0 Å². The molecule has 0 aliphatic heterocycles. The maximum Gasteiger partial charge on any atom is 0.133 e. The molecule has 5 heteroatoms. The fourth-order valence-electron chi connectivity index (χ4n) is 1.78. The van der Waals surface area contributed by atoms with Crippen molar-refractivity contribution in [3.63, 3.8) is 0 Å². The van der Waals surface area contributed by atoms with Crippen molar-refractivity contribution in [2.45, 2.75) is 6.92 Å². The lowest BCUT2D eigenvalue weighted by Gasteiger charge is -2.19. The summed E-state index contributed by atoms with van der Waals surface area (Å²) in [6.45, 7) is 1.84. The van der Waals surface area contributed by atoms with Gasteiger partial charge in [0.25, 0.3) is 0 Å². The Morgan fingerprint density at radius 1 is 1.26 bits per heavy atom. The first-order valence-corrected chi connectivity index (χ1v) is 5.80. The summed E-state index contributed by atoms with van der Waals surface area (Å²) in [7, 11) is 1.83. The lowest BCUT2D eigenvalue weighted by molar-refractivity contribution is 0.628. The molecule has 0 aliphatic rings. The van der Waals surface area contributed by atoms with Crippen molar-refractivity contribution in [2.24, 2.45) is 5.73 Å². The Kier molecular flexibility index (Phi) is 3.46. The Morgan fingerprint density at radius 3 is 2.47 bits per heavy atom. The number of hydrogen-bond acceptors (Lipinski definition) is 3. The summed E-state index contributed by atoms with van der Waals surface area (Å²) in [6, 6.07) is 9.63. The zero-order chi connectivity index (χ0) is 14.0. The van der Waals surface area contributed by atoms with E-state index in [-0.39, 0.29) is 11.7 Å². The lowest BCUT2D eigenvalue weighted by atomic mass is 10.2. The predicted molar refractivity (Wildman–Crippen MR) is 74.5 cm³/mol. The molecule has 2 aromatic rings. The molecular formula is C14H15FN4. The van der Waals surface area contributed by atoms with Crippen LogP contribution in [0.15, 0.2) is 36.4 Å². The minimum atomic E-state index is -0.279. The first-order chi connectivity index (χ1) is 8.97. The molecule has 0 aliphatic carbocycles. The van der Waals surface area contributed by atoms with E-state index in [1.807, 2.05) is 18.9 Å². The number of amidine groups is 1. The van der Waals surface area contributed by atoms with Gasteiger partial charge in [0.15, 0.2) is 0 Å². The Morgan fingerprint density at radius 2 is 1.89 bits per heavy atom.